The zero-order chi connectivity index (χ0) is 16.9. The number of anilines is 1. The highest BCUT2D eigenvalue weighted by molar-refractivity contribution is 5.95. The lowest BCUT2D eigenvalue weighted by molar-refractivity contribution is -0.117. The van der Waals surface area contributed by atoms with Crippen molar-refractivity contribution in [1.29, 1.82) is 0 Å². The van der Waals surface area contributed by atoms with Gasteiger partial charge < -0.3 is 14.4 Å². The summed E-state index contributed by atoms with van der Waals surface area (Å²) in [6, 6.07) is 9.98. The van der Waals surface area contributed by atoms with Gasteiger partial charge in [-0.05, 0) is 38.1 Å². The largest absolute Gasteiger partial charge is 0.338 e. The van der Waals surface area contributed by atoms with E-state index >= 15 is 0 Å². The molecule has 2 heterocycles. The Labute approximate surface area is 143 Å². The summed E-state index contributed by atoms with van der Waals surface area (Å²) in [5.74, 6) is 1.79. The number of aryl methyl sites for hydroxylation is 2. The maximum absolute atomic E-state index is 12.3. The van der Waals surface area contributed by atoms with Crippen LogP contribution in [-0.4, -0.2) is 47.0 Å². The molecular weight excluding hydrogens is 300 g/mol. The van der Waals surface area contributed by atoms with E-state index in [9.17, 15) is 4.79 Å². The summed E-state index contributed by atoms with van der Waals surface area (Å²) in [4.78, 5) is 20.9. The molecule has 5 nitrogen and oxygen atoms in total. The second kappa shape index (κ2) is 7.62. The lowest BCUT2D eigenvalue weighted by atomic mass is 10.1. The molecule has 0 N–H and O–H groups in total. The first-order chi connectivity index (χ1) is 11.6. The van der Waals surface area contributed by atoms with Crippen molar-refractivity contribution in [3.8, 4) is 0 Å². The first-order valence-electron chi connectivity index (χ1n) is 8.63. The standard InChI is InChI=1S/C19H26N4O/c1-21(11-6-9-18-20-10-12-22(18)2)14-16-13-19(24)23(15-16)17-7-4-3-5-8-17/h3-5,7-8,10,12,16H,6,9,11,13-15H2,1-2H3/t16-/m1/s1. The fourth-order valence-corrected chi connectivity index (χ4v) is 3.44. The number of hydrogen-bond donors (Lipinski definition) is 0. The number of benzene rings is 1. The summed E-state index contributed by atoms with van der Waals surface area (Å²) in [7, 11) is 4.18. The van der Waals surface area contributed by atoms with Crippen LogP contribution in [0.2, 0.25) is 0 Å². The number of hydrogen-bond acceptors (Lipinski definition) is 3. The van der Waals surface area contributed by atoms with Crippen molar-refractivity contribution in [3.05, 3.63) is 48.5 Å². The molecule has 3 rings (SSSR count). The number of carbonyl (C=O) groups is 1. The molecule has 1 aromatic carbocycles. The number of nitrogens with zero attached hydrogens (tertiary/aromatic N) is 4. The Hall–Kier alpha value is -2.14. The smallest absolute Gasteiger partial charge is 0.227 e. The molecule has 0 radical (unpaired) electrons. The fourth-order valence-electron chi connectivity index (χ4n) is 3.44. The van der Waals surface area contributed by atoms with Crippen LogP contribution in [0.4, 0.5) is 5.69 Å². The topological polar surface area (TPSA) is 41.4 Å². The van der Waals surface area contributed by atoms with E-state index in [1.54, 1.807) is 0 Å². The van der Waals surface area contributed by atoms with Crippen molar-refractivity contribution in [1.82, 2.24) is 14.5 Å². The third-order valence-corrected chi connectivity index (χ3v) is 4.70. The lowest BCUT2D eigenvalue weighted by Gasteiger charge is -2.21. The second-order valence-electron chi connectivity index (χ2n) is 6.73. The maximum atomic E-state index is 12.3. The minimum absolute atomic E-state index is 0.243. The van der Waals surface area contributed by atoms with Crippen molar-refractivity contribution in [3.63, 3.8) is 0 Å². The molecule has 1 aliphatic rings. The van der Waals surface area contributed by atoms with Gasteiger partial charge in [-0.15, -0.1) is 0 Å². The Morgan fingerprint density at radius 2 is 2.08 bits per heavy atom. The summed E-state index contributed by atoms with van der Waals surface area (Å²) in [5, 5.41) is 0. The van der Waals surface area contributed by atoms with Crippen LogP contribution in [0.1, 0.15) is 18.7 Å². The molecule has 1 fully saturated rings. The van der Waals surface area contributed by atoms with Gasteiger partial charge in [0.2, 0.25) is 5.91 Å². The highest BCUT2D eigenvalue weighted by Gasteiger charge is 2.30. The Bertz CT molecular complexity index is 667. The van der Waals surface area contributed by atoms with Crippen molar-refractivity contribution in [2.24, 2.45) is 13.0 Å². The molecule has 5 heteroatoms. The van der Waals surface area contributed by atoms with Crippen molar-refractivity contribution >= 4 is 11.6 Å². The third-order valence-electron chi connectivity index (χ3n) is 4.70. The normalized spacial score (nSPS) is 17.9. The Morgan fingerprint density at radius 1 is 1.29 bits per heavy atom. The number of aromatic nitrogens is 2. The van der Waals surface area contributed by atoms with Crippen LogP contribution >= 0.6 is 0 Å². The highest BCUT2D eigenvalue weighted by atomic mass is 16.2. The van der Waals surface area contributed by atoms with E-state index in [4.69, 9.17) is 0 Å². The molecule has 0 unspecified atom stereocenters. The molecule has 2 aromatic rings. The zero-order valence-electron chi connectivity index (χ0n) is 14.6. The number of para-hydroxylation sites is 1. The van der Waals surface area contributed by atoms with E-state index in [-0.39, 0.29) is 5.91 Å². The third kappa shape index (κ3) is 4.03. The van der Waals surface area contributed by atoms with Crippen LogP contribution in [-0.2, 0) is 18.3 Å². The van der Waals surface area contributed by atoms with Crippen LogP contribution in [0.25, 0.3) is 0 Å². The van der Waals surface area contributed by atoms with Gasteiger partial charge in [0.25, 0.3) is 0 Å². The summed E-state index contributed by atoms with van der Waals surface area (Å²) >= 11 is 0. The Balaban J connectivity index is 1.44. The van der Waals surface area contributed by atoms with Gasteiger partial charge in [0, 0.05) is 51.1 Å². The molecule has 1 saturated heterocycles. The quantitative estimate of drug-likeness (QED) is 0.784. The first-order valence-corrected chi connectivity index (χ1v) is 8.63. The van der Waals surface area contributed by atoms with Gasteiger partial charge >= 0.3 is 0 Å². The number of rotatable bonds is 7. The van der Waals surface area contributed by atoms with Crippen molar-refractivity contribution < 1.29 is 4.79 Å². The number of imidazole rings is 1. The van der Waals surface area contributed by atoms with E-state index in [1.165, 1.54) is 0 Å². The lowest BCUT2D eigenvalue weighted by Crippen LogP contribution is -2.29. The molecule has 1 aliphatic heterocycles. The van der Waals surface area contributed by atoms with E-state index in [0.29, 0.717) is 12.3 Å². The second-order valence-corrected chi connectivity index (χ2v) is 6.73. The first kappa shape index (κ1) is 16.7. The van der Waals surface area contributed by atoms with Crippen molar-refractivity contribution in [2.45, 2.75) is 19.3 Å². The van der Waals surface area contributed by atoms with E-state index in [1.807, 2.05) is 54.7 Å². The average Bonchev–Trinajstić information content (AvgIpc) is 3.14. The highest BCUT2D eigenvalue weighted by Crippen LogP contribution is 2.25. The number of carbonyl (C=O) groups excluding carboxylic acids is 1. The van der Waals surface area contributed by atoms with Gasteiger partial charge in [0.15, 0.2) is 0 Å². The predicted octanol–water partition coefficient (Wildman–Crippen LogP) is 2.34. The van der Waals surface area contributed by atoms with Crippen LogP contribution in [0.3, 0.4) is 0 Å². The molecule has 0 bridgehead atoms. The monoisotopic (exact) mass is 326 g/mol. The zero-order valence-corrected chi connectivity index (χ0v) is 14.6. The van der Waals surface area contributed by atoms with Gasteiger partial charge in [-0.3, -0.25) is 4.79 Å². The SMILES string of the molecule is CN(CCCc1nccn1C)C[C@H]1CC(=O)N(c2ccccc2)C1. The molecule has 1 aromatic heterocycles. The van der Waals surface area contributed by atoms with Gasteiger partial charge in [-0.25, -0.2) is 4.98 Å². The Kier molecular flexibility index (Phi) is 5.30. The summed E-state index contributed by atoms with van der Waals surface area (Å²) < 4.78 is 2.08. The summed E-state index contributed by atoms with van der Waals surface area (Å²) in [5.41, 5.74) is 1.02. The minimum Gasteiger partial charge on any atom is -0.338 e. The average molecular weight is 326 g/mol. The molecule has 0 aliphatic carbocycles. The molecule has 1 amide bonds. The Morgan fingerprint density at radius 3 is 2.79 bits per heavy atom. The molecule has 24 heavy (non-hydrogen) atoms. The van der Waals surface area contributed by atoms with E-state index < -0.39 is 0 Å². The fraction of sp³-hybridized carbons (Fsp3) is 0.474. The van der Waals surface area contributed by atoms with Gasteiger partial charge in [-0.2, -0.15) is 0 Å². The van der Waals surface area contributed by atoms with Gasteiger partial charge in [0.05, 0.1) is 0 Å². The van der Waals surface area contributed by atoms with Gasteiger partial charge in [0.1, 0.15) is 5.82 Å². The van der Waals surface area contributed by atoms with Crippen LogP contribution in [0.15, 0.2) is 42.7 Å². The molecular formula is C19H26N4O. The van der Waals surface area contributed by atoms with Gasteiger partial charge in [-0.1, -0.05) is 18.2 Å². The maximum Gasteiger partial charge on any atom is 0.227 e. The van der Waals surface area contributed by atoms with Crippen LogP contribution in [0, 0.1) is 5.92 Å². The van der Waals surface area contributed by atoms with Crippen LogP contribution < -0.4 is 4.90 Å². The van der Waals surface area contributed by atoms with Crippen LogP contribution in [0.5, 0.6) is 0 Å². The summed E-state index contributed by atoms with van der Waals surface area (Å²) in [6.45, 7) is 2.82. The minimum atomic E-state index is 0.243. The molecule has 1 atom stereocenters. The van der Waals surface area contributed by atoms with Crippen molar-refractivity contribution in [2.75, 3.05) is 31.6 Å². The summed E-state index contributed by atoms with van der Waals surface area (Å²) in [6.07, 6.45) is 6.57. The molecule has 0 spiro atoms. The number of amides is 1. The van der Waals surface area contributed by atoms with E-state index in [2.05, 4.69) is 21.5 Å². The molecule has 0 saturated carbocycles. The van der Waals surface area contributed by atoms with E-state index in [0.717, 1.165) is 44.0 Å². The molecule has 128 valence electrons. The predicted molar refractivity (Wildman–Crippen MR) is 95.9 cm³/mol.